The second kappa shape index (κ2) is 6.01. The van der Waals surface area contributed by atoms with Crippen LogP contribution in [0.25, 0.3) is 0 Å². The summed E-state index contributed by atoms with van der Waals surface area (Å²) in [4.78, 5) is 22.3. The average molecular weight is 272 g/mol. The number of carbonyl (C=O) groups excluding carboxylic acids is 1. The number of nitrogens with one attached hydrogen (secondary N) is 1. The van der Waals surface area contributed by atoms with Gasteiger partial charge in [0.05, 0.1) is 12.8 Å². The molecule has 0 bridgehead atoms. The van der Waals surface area contributed by atoms with Crippen LogP contribution in [-0.4, -0.2) is 37.1 Å². The van der Waals surface area contributed by atoms with Gasteiger partial charge in [-0.05, 0) is 18.2 Å². The maximum Gasteiger partial charge on any atom is 0.274 e. The van der Waals surface area contributed by atoms with Gasteiger partial charge in [0.15, 0.2) is 5.82 Å². The molecule has 0 unspecified atom stereocenters. The Morgan fingerprint density at radius 1 is 1.25 bits per heavy atom. The van der Waals surface area contributed by atoms with E-state index in [4.69, 9.17) is 4.74 Å². The van der Waals surface area contributed by atoms with Gasteiger partial charge in [-0.15, -0.1) is 0 Å². The topological polar surface area (TPSA) is 67.3 Å². The summed E-state index contributed by atoms with van der Waals surface area (Å²) in [6.45, 7) is 0. The van der Waals surface area contributed by atoms with Gasteiger partial charge in [-0.2, -0.15) is 0 Å². The Bertz CT molecular complexity index is 614. The van der Waals surface area contributed by atoms with Crippen molar-refractivity contribution >= 4 is 17.4 Å². The molecule has 2 aromatic rings. The van der Waals surface area contributed by atoms with Crippen LogP contribution >= 0.6 is 0 Å². The molecule has 0 spiro atoms. The first-order chi connectivity index (χ1) is 9.61. The Morgan fingerprint density at radius 2 is 2.05 bits per heavy atom. The van der Waals surface area contributed by atoms with Crippen LogP contribution in [0, 0.1) is 0 Å². The van der Waals surface area contributed by atoms with Gasteiger partial charge in [0, 0.05) is 26.4 Å². The molecule has 6 nitrogen and oxygen atoms in total. The first kappa shape index (κ1) is 13.8. The van der Waals surface area contributed by atoms with Crippen molar-refractivity contribution in [1.82, 2.24) is 9.97 Å². The summed E-state index contributed by atoms with van der Waals surface area (Å²) >= 11 is 0. The van der Waals surface area contributed by atoms with E-state index in [0.29, 0.717) is 17.4 Å². The molecule has 6 heteroatoms. The molecule has 0 aliphatic rings. The van der Waals surface area contributed by atoms with Crippen molar-refractivity contribution in [1.29, 1.82) is 0 Å². The van der Waals surface area contributed by atoms with E-state index in [1.807, 2.05) is 19.0 Å². The standard InChI is InChI=1S/C14H16N4O2/c1-18(2)13-10(7-5-9-15-13)17-14(19)11-6-4-8-12(16-11)20-3/h4-9H,1-3H3,(H,17,19). The molecule has 20 heavy (non-hydrogen) atoms. The zero-order chi connectivity index (χ0) is 14.5. The van der Waals surface area contributed by atoms with Crippen molar-refractivity contribution in [3.8, 4) is 5.88 Å². The van der Waals surface area contributed by atoms with E-state index < -0.39 is 0 Å². The highest BCUT2D eigenvalue weighted by molar-refractivity contribution is 6.04. The van der Waals surface area contributed by atoms with Crippen molar-refractivity contribution in [2.24, 2.45) is 0 Å². The maximum atomic E-state index is 12.2. The fourth-order valence-electron chi connectivity index (χ4n) is 1.69. The van der Waals surface area contributed by atoms with Crippen LogP contribution in [0.4, 0.5) is 11.5 Å². The predicted octanol–water partition coefficient (Wildman–Crippen LogP) is 1.80. The van der Waals surface area contributed by atoms with E-state index in [1.165, 1.54) is 7.11 Å². The first-order valence-corrected chi connectivity index (χ1v) is 6.06. The fraction of sp³-hybridized carbons (Fsp3) is 0.214. The lowest BCUT2D eigenvalue weighted by molar-refractivity contribution is 0.102. The Balaban J connectivity index is 2.23. The molecular formula is C14H16N4O2. The summed E-state index contributed by atoms with van der Waals surface area (Å²) in [5.74, 6) is 0.778. The van der Waals surface area contributed by atoms with E-state index in [9.17, 15) is 4.79 Å². The second-order valence-electron chi connectivity index (χ2n) is 4.29. The van der Waals surface area contributed by atoms with Crippen molar-refractivity contribution in [2.45, 2.75) is 0 Å². The molecule has 104 valence electrons. The molecule has 1 N–H and O–H groups in total. The van der Waals surface area contributed by atoms with Gasteiger partial charge in [0.25, 0.3) is 5.91 Å². The minimum absolute atomic E-state index is 0.290. The van der Waals surface area contributed by atoms with E-state index in [0.717, 1.165) is 0 Å². The molecule has 2 rings (SSSR count). The van der Waals surface area contributed by atoms with Crippen LogP contribution in [0.1, 0.15) is 10.5 Å². The first-order valence-electron chi connectivity index (χ1n) is 6.06. The zero-order valence-electron chi connectivity index (χ0n) is 11.6. The quantitative estimate of drug-likeness (QED) is 0.919. The van der Waals surface area contributed by atoms with E-state index >= 15 is 0 Å². The monoisotopic (exact) mass is 272 g/mol. The molecule has 0 aliphatic heterocycles. The van der Waals surface area contributed by atoms with Crippen molar-refractivity contribution < 1.29 is 9.53 Å². The highest BCUT2D eigenvalue weighted by atomic mass is 16.5. The SMILES string of the molecule is COc1cccc(C(=O)Nc2cccnc2N(C)C)n1. The molecule has 0 atom stereocenters. The molecule has 0 saturated heterocycles. The summed E-state index contributed by atoms with van der Waals surface area (Å²) in [7, 11) is 5.23. The molecule has 2 heterocycles. The number of amides is 1. The predicted molar refractivity (Wildman–Crippen MR) is 77.3 cm³/mol. The largest absolute Gasteiger partial charge is 0.481 e. The number of hydrogen-bond acceptors (Lipinski definition) is 5. The summed E-state index contributed by atoms with van der Waals surface area (Å²) < 4.78 is 5.01. The Hall–Kier alpha value is -2.63. The molecule has 0 saturated carbocycles. The Kier molecular flexibility index (Phi) is 4.14. The Morgan fingerprint density at radius 3 is 2.75 bits per heavy atom. The minimum Gasteiger partial charge on any atom is -0.481 e. The number of anilines is 2. The second-order valence-corrected chi connectivity index (χ2v) is 4.29. The third-order valence-corrected chi connectivity index (χ3v) is 2.62. The normalized spacial score (nSPS) is 9.95. The van der Waals surface area contributed by atoms with Gasteiger partial charge < -0.3 is 15.0 Å². The number of nitrogens with zero attached hydrogens (tertiary/aromatic N) is 3. The maximum absolute atomic E-state index is 12.2. The number of methoxy groups -OCH3 is 1. The lowest BCUT2D eigenvalue weighted by Crippen LogP contribution is -2.18. The third kappa shape index (κ3) is 3.03. The van der Waals surface area contributed by atoms with Gasteiger partial charge in [-0.3, -0.25) is 4.79 Å². The summed E-state index contributed by atoms with van der Waals surface area (Å²) in [6, 6.07) is 8.59. The van der Waals surface area contributed by atoms with Crippen LogP contribution in [0.15, 0.2) is 36.5 Å². The minimum atomic E-state index is -0.306. The number of hydrogen-bond donors (Lipinski definition) is 1. The number of aromatic nitrogens is 2. The lowest BCUT2D eigenvalue weighted by Gasteiger charge is -2.16. The summed E-state index contributed by atoms with van der Waals surface area (Å²) in [5.41, 5.74) is 0.921. The zero-order valence-corrected chi connectivity index (χ0v) is 11.6. The Labute approximate surface area is 117 Å². The summed E-state index contributed by atoms with van der Waals surface area (Å²) in [6.07, 6.45) is 1.68. The molecule has 0 aliphatic carbocycles. The van der Waals surface area contributed by atoms with Crippen LogP contribution in [-0.2, 0) is 0 Å². The molecule has 0 fully saturated rings. The smallest absolute Gasteiger partial charge is 0.274 e. The highest BCUT2D eigenvalue weighted by Crippen LogP contribution is 2.21. The van der Waals surface area contributed by atoms with Crippen LogP contribution in [0.3, 0.4) is 0 Å². The fourth-order valence-corrected chi connectivity index (χ4v) is 1.69. The van der Waals surface area contributed by atoms with E-state index in [1.54, 1.807) is 36.5 Å². The third-order valence-electron chi connectivity index (χ3n) is 2.62. The van der Waals surface area contributed by atoms with Gasteiger partial charge in [0.2, 0.25) is 5.88 Å². The molecule has 1 amide bonds. The number of rotatable bonds is 4. The number of carbonyl (C=O) groups is 1. The van der Waals surface area contributed by atoms with Crippen LogP contribution in [0.2, 0.25) is 0 Å². The van der Waals surface area contributed by atoms with Gasteiger partial charge in [0.1, 0.15) is 5.69 Å². The van der Waals surface area contributed by atoms with Crippen molar-refractivity contribution in [3.05, 3.63) is 42.2 Å². The summed E-state index contributed by atoms with van der Waals surface area (Å²) in [5, 5.41) is 2.80. The van der Waals surface area contributed by atoms with Crippen molar-refractivity contribution in [3.63, 3.8) is 0 Å². The van der Waals surface area contributed by atoms with Gasteiger partial charge in [-0.25, -0.2) is 9.97 Å². The lowest BCUT2D eigenvalue weighted by atomic mass is 10.3. The highest BCUT2D eigenvalue weighted by Gasteiger charge is 2.12. The molecule has 2 aromatic heterocycles. The van der Waals surface area contributed by atoms with Gasteiger partial charge in [-0.1, -0.05) is 6.07 Å². The van der Waals surface area contributed by atoms with Crippen molar-refractivity contribution in [2.75, 3.05) is 31.4 Å². The average Bonchev–Trinajstić information content (AvgIpc) is 2.47. The van der Waals surface area contributed by atoms with Crippen LogP contribution in [0.5, 0.6) is 5.88 Å². The number of pyridine rings is 2. The number of ether oxygens (including phenoxy) is 1. The van der Waals surface area contributed by atoms with Crippen LogP contribution < -0.4 is 15.0 Å². The molecule has 0 aromatic carbocycles. The van der Waals surface area contributed by atoms with Gasteiger partial charge >= 0.3 is 0 Å². The van der Waals surface area contributed by atoms with E-state index in [2.05, 4.69) is 15.3 Å². The van der Waals surface area contributed by atoms with E-state index in [-0.39, 0.29) is 11.6 Å². The molecule has 0 radical (unpaired) electrons. The molecular weight excluding hydrogens is 256 g/mol.